The average molecular weight is 187 g/mol. The first-order chi connectivity index (χ1) is 6.22. The summed E-state index contributed by atoms with van der Waals surface area (Å²) in [5, 5.41) is 0. The minimum Gasteiger partial charge on any atom is -0.466 e. The van der Waals surface area contributed by atoms with Crippen molar-refractivity contribution >= 4 is 11.9 Å². The largest absolute Gasteiger partial charge is 0.466 e. The lowest BCUT2D eigenvalue weighted by molar-refractivity contribution is -0.145. The van der Waals surface area contributed by atoms with E-state index in [1.807, 2.05) is 0 Å². The Labute approximate surface area is 76.1 Å². The standard InChI is InChI=1S/C8H13NO4/c9-13-8(11)5-6-1-2-7(10)12-4-3-6/h6H,1-5,9H2. The van der Waals surface area contributed by atoms with Crippen molar-refractivity contribution in [2.45, 2.75) is 25.7 Å². The molecule has 1 saturated heterocycles. The van der Waals surface area contributed by atoms with Crippen LogP contribution in [0.5, 0.6) is 0 Å². The number of rotatable bonds is 2. The van der Waals surface area contributed by atoms with Crippen LogP contribution in [0, 0.1) is 5.92 Å². The number of hydrogen-bond acceptors (Lipinski definition) is 5. The number of cyclic esters (lactones) is 1. The van der Waals surface area contributed by atoms with Gasteiger partial charge in [0.05, 0.1) is 13.0 Å². The Morgan fingerprint density at radius 1 is 1.62 bits per heavy atom. The van der Waals surface area contributed by atoms with Gasteiger partial charge >= 0.3 is 11.9 Å². The van der Waals surface area contributed by atoms with Crippen LogP contribution < -0.4 is 5.90 Å². The lowest BCUT2D eigenvalue weighted by Gasteiger charge is -2.09. The van der Waals surface area contributed by atoms with Crippen molar-refractivity contribution in [1.82, 2.24) is 0 Å². The van der Waals surface area contributed by atoms with Gasteiger partial charge in [0.25, 0.3) is 0 Å². The molecule has 1 rings (SSSR count). The summed E-state index contributed by atoms with van der Waals surface area (Å²) in [4.78, 5) is 25.7. The van der Waals surface area contributed by atoms with Crippen molar-refractivity contribution in [2.24, 2.45) is 11.8 Å². The van der Waals surface area contributed by atoms with Crippen molar-refractivity contribution in [2.75, 3.05) is 6.61 Å². The quantitative estimate of drug-likeness (QED) is 0.491. The normalized spacial score (nSPS) is 23.2. The summed E-state index contributed by atoms with van der Waals surface area (Å²) in [6.45, 7) is 0.390. The van der Waals surface area contributed by atoms with Crippen molar-refractivity contribution in [3.63, 3.8) is 0 Å². The molecule has 1 heterocycles. The Bertz CT molecular complexity index is 204. The lowest BCUT2D eigenvalue weighted by atomic mass is 9.97. The molecule has 1 aliphatic rings. The molecule has 0 aromatic carbocycles. The molecule has 2 N–H and O–H groups in total. The molecule has 0 amide bonds. The molecule has 1 aliphatic heterocycles. The maximum absolute atomic E-state index is 10.8. The van der Waals surface area contributed by atoms with Crippen molar-refractivity contribution in [1.29, 1.82) is 0 Å². The molecule has 74 valence electrons. The molecule has 0 radical (unpaired) electrons. The molecular weight excluding hydrogens is 174 g/mol. The highest BCUT2D eigenvalue weighted by atomic mass is 16.7. The van der Waals surface area contributed by atoms with Gasteiger partial charge in [-0.1, -0.05) is 0 Å². The van der Waals surface area contributed by atoms with E-state index in [0.717, 1.165) is 0 Å². The van der Waals surface area contributed by atoms with Crippen LogP contribution in [0.4, 0.5) is 0 Å². The molecule has 1 atom stereocenters. The van der Waals surface area contributed by atoms with E-state index in [2.05, 4.69) is 4.84 Å². The van der Waals surface area contributed by atoms with Gasteiger partial charge < -0.3 is 9.57 Å². The zero-order valence-electron chi connectivity index (χ0n) is 7.32. The van der Waals surface area contributed by atoms with E-state index in [0.29, 0.717) is 25.9 Å². The molecule has 13 heavy (non-hydrogen) atoms. The fourth-order valence-corrected chi connectivity index (χ4v) is 1.37. The molecule has 5 heteroatoms. The third kappa shape index (κ3) is 3.42. The highest BCUT2D eigenvalue weighted by Gasteiger charge is 2.20. The molecule has 0 aromatic rings. The third-order valence-corrected chi connectivity index (χ3v) is 2.13. The molecule has 0 aliphatic carbocycles. The van der Waals surface area contributed by atoms with Crippen molar-refractivity contribution in [3.05, 3.63) is 0 Å². The number of ether oxygens (including phenoxy) is 1. The maximum Gasteiger partial charge on any atom is 0.324 e. The zero-order chi connectivity index (χ0) is 9.68. The summed E-state index contributed by atoms with van der Waals surface area (Å²) in [6.07, 6.45) is 2.03. The van der Waals surface area contributed by atoms with Gasteiger partial charge in [-0.25, -0.2) is 0 Å². The fourth-order valence-electron chi connectivity index (χ4n) is 1.37. The van der Waals surface area contributed by atoms with E-state index in [1.165, 1.54) is 0 Å². The first-order valence-corrected chi connectivity index (χ1v) is 4.27. The predicted molar refractivity (Wildman–Crippen MR) is 43.2 cm³/mol. The summed E-state index contributed by atoms with van der Waals surface area (Å²) in [6, 6.07) is 0. The minimum absolute atomic E-state index is 0.155. The number of carbonyl (C=O) groups excluding carboxylic acids is 2. The van der Waals surface area contributed by atoms with Crippen molar-refractivity contribution in [3.8, 4) is 0 Å². The molecule has 0 saturated carbocycles. The summed E-state index contributed by atoms with van der Waals surface area (Å²) < 4.78 is 4.83. The smallest absolute Gasteiger partial charge is 0.324 e. The number of hydrogen-bond donors (Lipinski definition) is 1. The Hall–Kier alpha value is -1.10. The van der Waals surface area contributed by atoms with E-state index in [1.54, 1.807) is 0 Å². The van der Waals surface area contributed by atoms with Crippen molar-refractivity contribution < 1.29 is 19.2 Å². The molecule has 0 bridgehead atoms. The first-order valence-electron chi connectivity index (χ1n) is 4.27. The Kier molecular flexibility index (Phi) is 3.70. The summed E-state index contributed by atoms with van der Waals surface area (Å²) in [5.74, 6) is 4.24. The zero-order valence-corrected chi connectivity index (χ0v) is 7.32. The van der Waals surface area contributed by atoms with Crippen LogP contribution >= 0.6 is 0 Å². The van der Waals surface area contributed by atoms with Crippen LogP contribution in [0.25, 0.3) is 0 Å². The third-order valence-electron chi connectivity index (χ3n) is 2.13. The summed E-state index contributed by atoms with van der Waals surface area (Å²) >= 11 is 0. The first kappa shape index (κ1) is 9.98. The van der Waals surface area contributed by atoms with E-state index in [4.69, 9.17) is 10.6 Å². The molecule has 0 aromatic heterocycles. The predicted octanol–water partition coefficient (Wildman–Crippen LogP) is 0.137. The Balaban J connectivity index is 2.33. The topological polar surface area (TPSA) is 78.6 Å². The van der Waals surface area contributed by atoms with Crippen LogP contribution in [0.2, 0.25) is 0 Å². The highest BCUT2D eigenvalue weighted by Crippen LogP contribution is 2.19. The minimum atomic E-state index is -0.431. The van der Waals surface area contributed by atoms with Gasteiger partial charge in [0.2, 0.25) is 0 Å². The number of carbonyl (C=O) groups is 2. The van der Waals surface area contributed by atoms with Crippen LogP contribution in [0.1, 0.15) is 25.7 Å². The van der Waals surface area contributed by atoms with E-state index in [-0.39, 0.29) is 18.3 Å². The van der Waals surface area contributed by atoms with Gasteiger partial charge in [-0.05, 0) is 18.8 Å². The van der Waals surface area contributed by atoms with Crippen LogP contribution in [-0.2, 0) is 19.2 Å². The number of nitrogens with two attached hydrogens (primary N) is 1. The second kappa shape index (κ2) is 4.81. The molecule has 0 spiro atoms. The second-order valence-corrected chi connectivity index (χ2v) is 3.11. The SMILES string of the molecule is NOC(=O)CC1CCOC(=O)CC1. The van der Waals surface area contributed by atoms with Crippen LogP contribution in [0.15, 0.2) is 0 Å². The molecule has 1 unspecified atom stereocenters. The summed E-state index contributed by atoms with van der Waals surface area (Å²) in [7, 11) is 0. The lowest BCUT2D eigenvalue weighted by Crippen LogP contribution is -2.15. The second-order valence-electron chi connectivity index (χ2n) is 3.11. The Morgan fingerprint density at radius 2 is 2.38 bits per heavy atom. The summed E-state index contributed by atoms with van der Waals surface area (Å²) in [5.41, 5.74) is 0. The van der Waals surface area contributed by atoms with E-state index < -0.39 is 5.97 Å². The number of esters is 1. The Morgan fingerprint density at radius 3 is 3.08 bits per heavy atom. The molecule has 5 nitrogen and oxygen atoms in total. The van der Waals surface area contributed by atoms with Gasteiger partial charge in [0, 0.05) is 6.42 Å². The van der Waals surface area contributed by atoms with Gasteiger partial charge in [-0.15, -0.1) is 0 Å². The van der Waals surface area contributed by atoms with E-state index >= 15 is 0 Å². The molecular formula is C8H13NO4. The van der Waals surface area contributed by atoms with Gasteiger partial charge in [-0.2, -0.15) is 5.90 Å². The van der Waals surface area contributed by atoms with Gasteiger partial charge in [0.15, 0.2) is 0 Å². The fraction of sp³-hybridized carbons (Fsp3) is 0.750. The van der Waals surface area contributed by atoms with E-state index in [9.17, 15) is 9.59 Å². The monoisotopic (exact) mass is 187 g/mol. The van der Waals surface area contributed by atoms with Crippen LogP contribution in [-0.4, -0.2) is 18.5 Å². The van der Waals surface area contributed by atoms with Gasteiger partial charge in [0.1, 0.15) is 0 Å². The highest BCUT2D eigenvalue weighted by molar-refractivity contribution is 5.71. The van der Waals surface area contributed by atoms with Gasteiger partial charge in [-0.3, -0.25) is 9.59 Å². The average Bonchev–Trinajstić information content (AvgIpc) is 2.31. The van der Waals surface area contributed by atoms with Crippen LogP contribution in [0.3, 0.4) is 0 Å². The maximum atomic E-state index is 10.8. The molecule has 1 fully saturated rings.